The third-order valence-electron chi connectivity index (χ3n) is 3.70. The van der Waals surface area contributed by atoms with Crippen LogP contribution in [0.3, 0.4) is 0 Å². The fraction of sp³-hybridized carbons (Fsp3) is 0.643. The summed E-state index contributed by atoms with van der Waals surface area (Å²) in [5.74, 6) is 0.184. The van der Waals surface area contributed by atoms with Gasteiger partial charge in [0, 0.05) is 5.92 Å². The highest BCUT2D eigenvalue weighted by atomic mass is 16.3. The van der Waals surface area contributed by atoms with E-state index >= 15 is 0 Å². The first-order chi connectivity index (χ1) is 7.25. The lowest BCUT2D eigenvalue weighted by atomic mass is 9.65. The maximum absolute atomic E-state index is 11.3. The van der Waals surface area contributed by atoms with Gasteiger partial charge in [-0.3, -0.25) is 4.79 Å². The summed E-state index contributed by atoms with van der Waals surface area (Å²) in [6, 6.07) is 0. The van der Waals surface area contributed by atoms with Crippen LogP contribution in [0.25, 0.3) is 0 Å². The number of allylic oxidation sites excluding steroid dienone is 2. The van der Waals surface area contributed by atoms with Gasteiger partial charge in [-0.1, -0.05) is 26.5 Å². The van der Waals surface area contributed by atoms with Crippen molar-refractivity contribution < 1.29 is 9.90 Å². The molecule has 0 aliphatic heterocycles. The van der Waals surface area contributed by atoms with Crippen LogP contribution in [0, 0.1) is 11.3 Å². The lowest BCUT2D eigenvalue weighted by molar-refractivity contribution is -0.113. The Kier molecular flexibility index (Phi) is 3.74. The summed E-state index contributed by atoms with van der Waals surface area (Å²) >= 11 is 0. The van der Waals surface area contributed by atoms with Crippen LogP contribution < -0.4 is 0 Å². The van der Waals surface area contributed by atoms with Crippen LogP contribution in [0.2, 0.25) is 0 Å². The third kappa shape index (κ3) is 2.62. The number of rotatable bonds is 2. The largest absolute Gasteiger partial charge is 0.389 e. The minimum absolute atomic E-state index is 0.0764. The molecule has 0 spiro atoms. The zero-order chi connectivity index (χ0) is 12.5. The summed E-state index contributed by atoms with van der Waals surface area (Å²) in [5, 5.41) is 9.82. The van der Waals surface area contributed by atoms with Crippen LogP contribution in [0.4, 0.5) is 0 Å². The van der Waals surface area contributed by atoms with Crippen LogP contribution in [-0.4, -0.2) is 17.0 Å². The second-order valence-electron chi connectivity index (χ2n) is 5.50. The Morgan fingerprint density at radius 2 is 2.06 bits per heavy atom. The van der Waals surface area contributed by atoms with Crippen molar-refractivity contribution in [2.45, 2.75) is 46.6 Å². The van der Waals surface area contributed by atoms with Crippen LogP contribution >= 0.6 is 0 Å². The monoisotopic (exact) mass is 222 g/mol. The molecule has 0 saturated heterocycles. The van der Waals surface area contributed by atoms with E-state index in [0.717, 1.165) is 24.0 Å². The van der Waals surface area contributed by atoms with E-state index in [0.29, 0.717) is 0 Å². The first-order valence-corrected chi connectivity index (χ1v) is 5.82. The third-order valence-corrected chi connectivity index (χ3v) is 3.70. The predicted molar refractivity (Wildman–Crippen MR) is 66.1 cm³/mol. The van der Waals surface area contributed by atoms with Crippen molar-refractivity contribution >= 4 is 5.78 Å². The number of carbonyl (C=O) groups excluding carboxylic acids is 1. The van der Waals surface area contributed by atoms with Crippen molar-refractivity contribution in [3.8, 4) is 0 Å². The summed E-state index contributed by atoms with van der Waals surface area (Å²) in [5.41, 5.74) is 1.68. The van der Waals surface area contributed by atoms with Crippen LogP contribution in [-0.2, 0) is 4.79 Å². The second kappa shape index (κ2) is 4.54. The van der Waals surface area contributed by atoms with E-state index in [1.54, 1.807) is 6.92 Å². The standard InChI is InChI=1S/C14H22O2/c1-9(11(3)15)8-12-10(2)13(16)6-7-14(12,4)5/h8,12-13,16H,2,6-7H2,1,3-5H3/b9-8+/t12-,13-/m0/s1. The molecule has 1 aliphatic carbocycles. The van der Waals surface area contributed by atoms with Crippen LogP contribution in [0.15, 0.2) is 23.8 Å². The molecule has 0 radical (unpaired) electrons. The van der Waals surface area contributed by atoms with Crippen molar-refractivity contribution in [3.63, 3.8) is 0 Å². The molecule has 0 bridgehead atoms. The quantitative estimate of drug-likeness (QED) is 0.576. The number of aliphatic hydroxyl groups is 1. The zero-order valence-corrected chi connectivity index (χ0v) is 10.7. The highest BCUT2D eigenvalue weighted by molar-refractivity contribution is 5.92. The Balaban J connectivity index is 3.02. The highest BCUT2D eigenvalue weighted by Crippen LogP contribution is 2.44. The van der Waals surface area contributed by atoms with E-state index in [4.69, 9.17) is 0 Å². The Bertz CT molecular complexity index is 337. The molecule has 2 heteroatoms. The molecular weight excluding hydrogens is 200 g/mol. The van der Waals surface area contributed by atoms with Gasteiger partial charge >= 0.3 is 0 Å². The fourth-order valence-corrected chi connectivity index (χ4v) is 2.26. The molecule has 0 unspecified atom stereocenters. The zero-order valence-electron chi connectivity index (χ0n) is 10.7. The lowest BCUT2D eigenvalue weighted by Crippen LogP contribution is -2.35. The highest BCUT2D eigenvalue weighted by Gasteiger charge is 2.37. The van der Waals surface area contributed by atoms with Gasteiger partial charge in [0.1, 0.15) is 0 Å². The van der Waals surface area contributed by atoms with Gasteiger partial charge < -0.3 is 5.11 Å². The molecule has 0 aromatic heterocycles. The normalized spacial score (nSPS) is 30.3. The SMILES string of the molecule is C=C1[C@@H](O)CCC(C)(C)[C@H]1/C=C(\C)C(C)=O. The first-order valence-electron chi connectivity index (χ1n) is 5.82. The number of Topliss-reactive ketones (excluding diaryl/α,β-unsaturated/α-hetero) is 1. The Morgan fingerprint density at radius 3 is 2.56 bits per heavy atom. The van der Waals surface area contributed by atoms with Crippen LogP contribution in [0.5, 0.6) is 0 Å². The molecule has 1 saturated carbocycles. The molecule has 0 aromatic rings. The molecule has 1 fully saturated rings. The molecule has 90 valence electrons. The maximum Gasteiger partial charge on any atom is 0.155 e. The summed E-state index contributed by atoms with van der Waals surface area (Å²) in [7, 11) is 0. The van der Waals surface area contributed by atoms with Gasteiger partial charge in [-0.05, 0) is 43.3 Å². The van der Waals surface area contributed by atoms with Crippen molar-refractivity contribution in [3.05, 3.63) is 23.8 Å². The predicted octanol–water partition coefficient (Wildman–Crippen LogP) is 2.88. The summed E-state index contributed by atoms with van der Waals surface area (Å²) in [6.45, 7) is 11.7. The van der Waals surface area contributed by atoms with Crippen LogP contribution in [0.1, 0.15) is 40.5 Å². The Labute approximate surface area is 98.1 Å². The minimum Gasteiger partial charge on any atom is -0.389 e. The van der Waals surface area contributed by atoms with Crippen molar-refractivity contribution in [1.82, 2.24) is 0 Å². The molecule has 1 N–H and O–H groups in total. The number of carbonyl (C=O) groups is 1. The average molecular weight is 222 g/mol. The van der Waals surface area contributed by atoms with Crippen molar-refractivity contribution in [2.24, 2.45) is 11.3 Å². The molecule has 2 atom stereocenters. The Hall–Kier alpha value is -0.890. The van der Waals surface area contributed by atoms with Gasteiger partial charge in [0.15, 0.2) is 5.78 Å². The molecule has 2 nitrogen and oxygen atoms in total. The topological polar surface area (TPSA) is 37.3 Å². The Morgan fingerprint density at radius 1 is 1.50 bits per heavy atom. The lowest BCUT2D eigenvalue weighted by Gasteiger charge is -2.41. The van der Waals surface area contributed by atoms with E-state index in [2.05, 4.69) is 20.4 Å². The molecule has 1 rings (SSSR count). The molecule has 1 aliphatic rings. The fourth-order valence-electron chi connectivity index (χ4n) is 2.26. The summed E-state index contributed by atoms with van der Waals surface area (Å²) < 4.78 is 0. The molecule has 0 amide bonds. The van der Waals surface area contributed by atoms with Gasteiger partial charge in [0.25, 0.3) is 0 Å². The van der Waals surface area contributed by atoms with Gasteiger partial charge in [-0.25, -0.2) is 0 Å². The first kappa shape index (κ1) is 13.2. The molecule has 0 heterocycles. The second-order valence-corrected chi connectivity index (χ2v) is 5.50. The van der Waals surface area contributed by atoms with E-state index in [1.807, 2.05) is 13.0 Å². The average Bonchev–Trinajstić information content (AvgIpc) is 2.18. The molecule has 16 heavy (non-hydrogen) atoms. The van der Waals surface area contributed by atoms with E-state index in [-0.39, 0.29) is 17.1 Å². The van der Waals surface area contributed by atoms with Gasteiger partial charge in [0.05, 0.1) is 6.10 Å². The molecular formula is C14H22O2. The number of hydrogen-bond donors (Lipinski definition) is 1. The van der Waals surface area contributed by atoms with E-state index in [1.165, 1.54) is 0 Å². The number of aliphatic hydroxyl groups excluding tert-OH is 1. The number of ketones is 1. The van der Waals surface area contributed by atoms with Gasteiger partial charge in [-0.15, -0.1) is 0 Å². The maximum atomic E-state index is 11.3. The minimum atomic E-state index is -0.422. The van der Waals surface area contributed by atoms with E-state index in [9.17, 15) is 9.90 Å². The molecule has 0 aromatic carbocycles. The van der Waals surface area contributed by atoms with Gasteiger partial charge in [-0.2, -0.15) is 0 Å². The van der Waals surface area contributed by atoms with Crippen molar-refractivity contribution in [1.29, 1.82) is 0 Å². The smallest absolute Gasteiger partial charge is 0.155 e. The summed E-state index contributed by atoms with van der Waals surface area (Å²) in [6.07, 6.45) is 3.27. The van der Waals surface area contributed by atoms with E-state index < -0.39 is 6.10 Å². The number of hydrogen-bond acceptors (Lipinski definition) is 2. The summed E-state index contributed by atoms with van der Waals surface area (Å²) in [4.78, 5) is 11.3. The van der Waals surface area contributed by atoms with Crippen molar-refractivity contribution in [2.75, 3.05) is 0 Å². The van der Waals surface area contributed by atoms with Gasteiger partial charge in [0.2, 0.25) is 0 Å².